The quantitative estimate of drug-likeness (QED) is 0.853. The van der Waals surface area contributed by atoms with Gasteiger partial charge >= 0.3 is 0 Å². The number of anilines is 1. The lowest BCUT2D eigenvalue weighted by Gasteiger charge is -2.25. The lowest BCUT2D eigenvalue weighted by molar-refractivity contribution is 0.347. The molecule has 130 valence electrons. The van der Waals surface area contributed by atoms with Crippen molar-refractivity contribution in [1.82, 2.24) is 9.29 Å². The van der Waals surface area contributed by atoms with Crippen LogP contribution in [0.15, 0.2) is 34.7 Å². The molecule has 0 saturated carbocycles. The molecule has 0 amide bonds. The Morgan fingerprint density at radius 1 is 1.21 bits per heavy atom. The van der Waals surface area contributed by atoms with E-state index >= 15 is 0 Å². The summed E-state index contributed by atoms with van der Waals surface area (Å²) in [5.74, 6) is 0. The zero-order valence-corrected chi connectivity index (χ0v) is 15.5. The minimum atomic E-state index is -3.30. The normalized spacial score (nSPS) is 16.2. The van der Waals surface area contributed by atoms with E-state index in [-0.39, 0.29) is 0 Å². The van der Waals surface area contributed by atoms with Gasteiger partial charge in [-0.3, -0.25) is 4.98 Å². The molecule has 1 fully saturated rings. The number of thiophene rings is 1. The number of nitrogens with one attached hydrogen (secondary N) is 1. The molecule has 24 heavy (non-hydrogen) atoms. The predicted octanol–water partition coefficient (Wildman–Crippen LogP) is 3.28. The van der Waals surface area contributed by atoms with E-state index in [4.69, 9.17) is 0 Å². The molecular weight excluding hydrogens is 342 g/mol. The van der Waals surface area contributed by atoms with Gasteiger partial charge < -0.3 is 5.32 Å². The smallest absolute Gasteiger partial charge is 0.252 e. The number of sulfonamides is 1. The van der Waals surface area contributed by atoms with Crippen molar-refractivity contribution in [2.24, 2.45) is 0 Å². The van der Waals surface area contributed by atoms with Gasteiger partial charge in [0.05, 0.1) is 0 Å². The third kappa shape index (κ3) is 4.15. The van der Waals surface area contributed by atoms with Crippen LogP contribution in [0.2, 0.25) is 0 Å². The Morgan fingerprint density at radius 2 is 2.00 bits per heavy atom. The van der Waals surface area contributed by atoms with Crippen molar-refractivity contribution in [2.45, 2.75) is 36.8 Å². The van der Waals surface area contributed by atoms with Crippen LogP contribution in [0.3, 0.4) is 0 Å². The molecule has 1 saturated heterocycles. The molecule has 2 aromatic rings. The van der Waals surface area contributed by atoms with E-state index in [1.807, 2.05) is 25.1 Å². The lowest BCUT2D eigenvalue weighted by atomic mass is 10.2. The van der Waals surface area contributed by atoms with E-state index < -0.39 is 10.0 Å². The predicted molar refractivity (Wildman–Crippen MR) is 98.1 cm³/mol. The minimum absolute atomic E-state index is 0.471. The summed E-state index contributed by atoms with van der Waals surface area (Å²) >= 11 is 1.39. The Hall–Kier alpha value is -1.44. The monoisotopic (exact) mass is 365 g/mol. The zero-order valence-electron chi connectivity index (χ0n) is 13.9. The fourth-order valence-electron chi connectivity index (χ4n) is 2.85. The van der Waals surface area contributed by atoms with Crippen molar-refractivity contribution in [3.63, 3.8) is 0 Å². The van der Waals surface area contributed by atoms with Crippen LogP contribution in [0.25, 0.3) is 0 Å². The first kappa shape index (κ1) is 17.4. The molecule has 0 unspecified atom stereocenters. The van der Waals surface area contributed by atoms with E-state index in [0.717, 1.165) is 48.5 Å². The zero-order chi connectivity index (χ0) is 17.0. The second-order valence-corrected chi connectivity index (χ2v) is 9.38. The number of pyridine rings is 1. The van der Waals surface area contributed by atoms with Gasteiger partial charge in [-0.2, -0.15) is 4.31 Å². The van der Waals surface area contributed by atoms with E-state index in [1.54, 1.807) is 16.6 Å². The molecular formula is C17H23N3O2S2. The minimum Gasteiger partial charge on any atom is -0.385 e. The number of rotatable bonds is 6. The maximum Gasteiger partial charge on any atom is 0.252 e. The van der Waals surface area contributed by atoms with Crippen molar-refractivity contribution >= 4 is 27.0 Å². The van der Waals surface area contributed by atoms with Crippen LogP contribution in [-0.4, -0.2) is 37.3 Å². The molecule has 0 bridgehead atoms. The van der Waals surface area contributed by atoms with Crippen LogP contribution < -0.4 is 5.32 Å². The van der Waals surface area contributed by atoms with Gasteiger partial charge in [0.25, 0.3) is 10.0 Å². The summed E-state index contributed by atoms with van der Waals surface area (Å²) in [6, 6.07) is 7.62. The Balaban J connectivity index is 1.59. The highest BCUT2D eigenvalue weighted by atomic mass is 32.2. The lowest BCUT2D eigenvalue weighted by Crippen LogP contribution is -2.35. The first-order valence-corrected chi connectivity index (χ1v) is 10.6. The number of hydrogen-bond acceptors (Lipinski definition) is 5. The first-order valence-electron chi connectivity index (χ1n) is 8.31. The van der Waals surface area contributed by atoms with Gasteiger partial charge in [-0.25, -0.2) is 8.42 Å². The maximum absolute atomic E-state index is 12.6. The molecule has 1 aliphatic rings. The summed E-state index contributed by atoms with van der Waals surface area (Å²) < 4.78 is 27.4. The average molecular weight is 366 g/mol. The second-order valence-electron chi connectivity index (χ2n) is 6.05. The van der Waals surface area contributed by atoms with Crippen molar-refractivity contribution in [3.05, 3.63) is 41.0 Å². The van der Waals surface area contributed by atoms with E-state index in [9.17, 15) is 8.42 Å². The fourth-order valence-corrected chi connectivity index (χ4v) is 5.88. The van der Waals surface area contributed by atoms with Crippen molar-refractivity contribution in [1.29, 1.82) is 0 Å². The van der Waals surface area contributed by atoms with Gasteiger partial charge in [-0.05, 0) is 50.5 Å². The van der Waals surface area contributed by atoms with Crippen LogP contribution in [0, 0.1) is 6.92 Å². The average Bonchev–Trinajstić information content (AvgIpc) is 3.05. The molecule has 1 N–H and O–H groups in total. The van der Waals surface area contributed by atoms with Gasteiger partial charge in [0, 0.05) is 42.1 Å². The summed E-state index contributed by atoms with van der Waals surface area (Å²) in [4.78, 5) is 5.26. The highest BCUT2D eigenvalue weighted by Gasteiger charge is 2.27. The van der Waals surface area contributed by atoms with Gasteiger partial charge in [-0.15, -0.1) is 11.3 Å². The summed E-state index contributed by atoms with van der Waals surface area (Å²) in [5, 5.41) is 3.35. The number of hydrogen-bond donors (Lipinski definition) is 1. The van der Waals surface area contributed by atoms with Crippen LogP contribution in [0.5, 0.6) is 0 Å². The van der Waals surface area contributed by atoms with Gasteiger partial charge in [0.2, 0.25) is 0 Å². The molecule has 2 aromatic heterocycles. The number of aryl methyl sites for hydroxylation is 1. The molecule has 5 nitrogen and oxygen atoms in total. The molecule has 0 aliphatic carbocycles. The van der Waals surface area contributed by atoms with Gasteiger partial charge in [0.1, 0.15) is 4.21 Å². The fraction of sp³-hybridized carbons (Fsp3) is 0.471. The molecule has 1 aliphatic heterocycles. The summed E-state index contributed by atoms with van der Waals surface area (Å²) in [6.45, 7) is 4.03. The SMILES string of the molecule is Cc1cc(NCCc2ccc(S(=O)(=O)N3CCCCC3)s2)ccn1. The van der Waals surface area contributed by atoms with Crippen molar-refractivity contribution in [2.75, 3.05) is 25.0 Å². The topological polar surface area (TPSA) is 62.3 Å². The molecule has 0 aromatic carbocycles. The maximum atomic E-state index is 12.6. The summed E-state index contributed by atoms with van der Waals surface area (Å²) in [6.07, 6.45) is 5.65. The van der Waals surface area contributed by atoms with E-state index in [1.165, 1.54) is 11.3 Å². The Morgan fingerprint density at radius 3 is 2.75 bits per heavy atom. The first-order chi connectivity index (χ1) is 11.6. The van der Waals surface area contributed by atoms with Crippen LogP contribution in [0.1, 0.15) is 29.8 Å². The highest BCUT2D eigenvalue weighted by molar-refractivity contribution is 7.91. The molecule has 0 atom stereocenters. The highest BCUT2D eigenvalue weighted by Crippen LogP contribution is 2.27. The summed E-state index contributed by atoms with van der Waals surface area (Å²) in [5.41, 5.74) is 2.02. The third-order valence-electron chi connectivity index (χ3n) is 4.14. The molecule has 0 radical (unpaired) electrons. The van der Waals surface area contributed by atoms with E-state index in [0.29, 0.717) is 17.3 Å². The molecule has 3 heterocycles. The van der Waals surface area contributed by atoms with Gasteiger partial charge in [0.15, 0.2) is 0 Å². The molecule has 3 rings (SSSR count). The van der Waals surface area contributed by atoms with Crippen molar-refractivity contribution in [3.8, 4) is 0 Å². The van der Waals surface area contributed by atoms with Crippen LogP contribution >= 0.6 is 11.3 Å². The molecule has 7 heteroatoms. The standard InChI is InChI=1S/C17H23N3O2S2/c1-14-13-15(7-9-18-14)19-10-8-16-5-6-17(23-16)24(21,22)20-11-3-2-4-12-20/h5-7,9,13H,2-4,8,10-12H2,1H3,(H,18,19). The number of piperidine rings is 1. The van der Waals surface area contributed by atoms with E-state index in [2.05, 4.69) is 10.3 Å². The van der Waals surface area contributed by atoms with Crippen LogP contribution in [0.4, 0.5) is 5.69 Å². The summed E-state index contributed by atoms with van der Waals surface area (Å²) in [7, 11) is -3.30. The Labute approximate surface area is 147 Å². The Bertz CT molecular complexity index is 781. The van der Waals surface area contributed by atoms with Crippen molar-refractivity contribution < 1.29 is 8.42 Å². The largest absolute Gasteiger partial charge is 0.385 e. The second kappa shape index (κ2) is 7.63. The third-order valence-corrected chi connectivity index (χ3v) is 7.65. The number of aromatic nitrogens is 1. The van der Waals surface area contributed by atoms with Gasteiger partial charge in [-0.1, -0.05) is 6.42 Å². The number of nitrogens with zero attached hydrogens (tertiary/aromatic N) is 2. The van der Waals surface area contributed by atoms with Crippen LogP contribution in [-0.2, 0) is 16.4 Å². The molecule has 0 spiro atoms. The Kier molecular flexibility index (Phi) is 5.53.